The van der Waals surface area contributed by atoms with E-state index in [-0.39, 0.29) is 11.8 Å². The Hall–Kier alpha value is -2.32. The summed E-state index contributed by atoms with van der Waals surface area (Å²) in [5, 5.41) is 0. The molecule has 0 saturated carbocycles. The Balaban J connectivity index is 1.45. The number of rotatable bonds is 4. The van der Waals surface area contributed by atoms with E-state index < -0.39 is 0 Å². The summed E-state index contributed by atoms with van der Waals surface area (Å²) in [4.78, 5) is 31.3. The van der Waals surface area contributed by atoms with E-state index in [1.54, 1.807) is 0 Å². The number of hydrogen-bond acceptors (Lipinski definition) is 3. The number of nitrogens with zero attached hydrogens (tertiary/aromatic N) is 3. The van der Waals surface area contributed by atoms with Crippen LogP contribution in [0.2, 0.25) is 0 Å². The summed E-state index contributed by atoms with van der Waals surface area (Å²) in [5.74, 6) is 6.26. The molecule has 2 fully saturated rings. The fraction of sp³-hybridized carbons (Fsp3) is 0.583. The first-order valence-electron chi connectivity index (χ1n) is 10.8. The molecular formula is C24H33N3O2. The zero-order valence-electron chi connectivity index (χ0n) is 17.8. The van der Waals surface area contributed by atoms with Gasteiger partial charge in [0.15, 0.2) is 0 Å². The SMILES string of the molecule is CN1CCC(N(C)C(=O)CC[C@@H]2CCCN(C(=O)C#Cc3ccccc3)C2)CC1. The number of piperidine rings is 2. The molecule has 29 heavy (non-hydrogen) atoms. The lowest BCUT2D eigenvalue weighted by Gasteiger charge is -2.36. The van der Waals surface area contributed by atoms with Crippen molar-refractivity contribution in [1.82, 2.24) is 14.7 Å². The lowest BCUT2D eigenvalue weighted by Crippen LogP contribution is -2.44. The number of amides is 2. The first kappa shape index (κ1) is 21.4. The van der Waals surface area contributed by atoms with Crippen molar-refractivity contribution in [1.29, 1.82) is 0 Å². The number of likely N-dealkylation sites (tertiary alicyclic amines) is 2. The van der Waals surface area contributed by atoms with Crippen molar-refractivity contribution >= 4 is 11.8 Å². The van der Waals surface area contributed by atoms with Crippen LogP contribution in [0.5, 0.6) is 0 Å². The van der Waals surface area contributed by atoms with E-state index in [0.717, 1.165) is 57.3 Å². The highest BCUT2D eigenvalue weighted by Gasteiger charge is 2.26. The summed E-state index contributed by atoms with van der Waals surface area (Å²) in [6, 6.07) is 9.97. The molecule has 0 unspecified atom stereocenters. The maximum Gasteiger partial charge on any atom is 0.298 e. The highest BCUT2D eigenvalue weighted by atomic mass is 16.2. The van der Waals surface area contributed by atoms with Gasteiger partial charge < -0.3 is 14.7 Å². The highest BCUT2D eigenvalue weighted by Crippen LogP contribution is 2.22. The maximum absolute atomic E-state index is 12.7. The Labute approximate surface area is 175 Å². The van der Waals surface area contributed by atoms with Crippen LogP contribution in [0.25, 0.3) is 0 Å². The monoisotopic (exact) mass is 395 g/mol. The molecule has 2 saturated heterocycles. The fourth-order valence-corrected chi connectivity index (χ4v) is 4.30. The van der Waals surface area contributed by atoms with E-state index in [1.165, 1.54) is 0 Å². The van der Waals surface area contributed by atoms with Gasteiger partial charge in [-0.2, -0.15) is 0 Å². The van der Waals surface area contributed by atoms with Crippen molar-refractivity contribution in [3.8, 4) is 11.8 Å². The van der Waals surface area contributed by atoms with Crippen molar-refractivity contribution in [3.63, 3.8) is 0 Å². The van der Waals surface area contributed by atoms with Crippen LogP contribution in [0.3, 0.4) is 0 Å². The van der Waals surface area contributed by atoms with Gasteiger partial charge in [0.1, 0.15) is 0 Å². The van der Waals surface area contributed by atoms with Gasteiger partial charge in [-0.3, -0.25) is 9.59 Å². The van der Waals surface area contributed by atoms with Crippen LogP contribution in [0.15, 0.2) is 30.3 Å². The Morgan fingerprint density at radius 1 is 1.10 bits per heavy atom. The predicted molar refractivity (Wildman–Crippen MR) is 115 cm³/mol. The average Bonchev–Trinajstić information content (AvgIpc) is 2.76. The summed E-state index contributed by atoms with van der Waals surface area (Å²) in [5.41, 5.74) is 0.858. The van der Waals surface area contributed by atoms with Crippen LogP contribution in [-0.4, -0.2) is 72.8 Å². The number of benzene rings is 1. The van der Waals surface area contributed by atoms with Gasteiger partial charge in [-0.05, 0) is 70.3 Å². The second kappa shape index (κ2) is 10.5. The van der Waals surface area contributed by atoms with E-state index in [0.29, 0.717) is 24.9 Å². The average molecular weight is 396 g/mol. The minimum absolute atomic E-state index is 0.103. The molecular weight excluding hydrogens is 362 g/mol. The second-order valence-electron chi connectivity index (χ2n) is 8.45. The van der Waals surface area contributed by atoms with E-state index in [1.807, 2.05) is 47.2 Å². The summed E-state index contributed by atoms with van der Waals surface area (Å²) in [6.45, 7) is 3.60. The Kier molecular flexibility index (Phi) is 7.71. The molecule has 0 radical (unpaired) electrons. The second-order valence-corrected chi connectivity index (χ2v) is 8.45. The Morgan fingerprint density at radius 2 is 1.83 bits per heavy atom. The number of carbonyl (C=O) groups is 2. The van der Waals surface area contributed by atoms with Crippen LogP contribution in [0, 0.1) is 17.8 Å². The van der Waals surface area contributed by atoms with E-state index in [9.17, 15) is 9.59 Å². The Morgan fingerprint density at radius 3 is 2.55 bits per heavy atom. The van der Waals surface area contributed by atoms with E-state index in [4.69, 9.17) is 0 Å². The molecule has 0 aromatic heterocycles. The number of hydrogen-bond donors (Lipinski definition) is 0. The van der Waals surface area contributed by atoms with Gasteiger partial charge in [-0.1, -0.05) is 24.1 Å². The van der Waals surface area contributed by atoms with E-state index >= 15 is 0 Å². The normalized spacial score (nSPS) is 20.6. The van der Waals surface area contributed by atoms with E-state index in [2.05, 4.69) is 23.8 Å². The van der Waals surface area contributed by atoms with Gasteiger partial charge >= 0.3 is 0 Å². The van der Waals surface area contributed by atoms with Crippen LogP contribution in [-0.2, 0) is 9.59 Å². The molecule has 1 aromatic carbocycles. The van der Waals surface area contributed by atoms with Crippen molar-refractivity contribution in [2.45, 2.75) is 44.6 Å². The molecule has 156 valence electrons. The third kappa shape index (κ3) is 6.33. The molecule has 1 atom stereocenters. The van der Waals surface area contributed by atoms with Crippen molar-refractivity contribution in [2.75, 3.05) is 40.3 Å². The molecule has 5 heteroatoms. The standard InChI is InChI=1S/C24H33N3O2/c1-25-17-14-22(15-18-25)26(2)23(28)12-11-21-9-6-16-27(19-21)24(29)13-10-20-7-4-3-5-8-20/h3-5,7-8,21-22H,6,9,11-12,14-19H2,1-2H3/t21-/m0/s1. The molecule has 0 spiro atoms. The van der Waals surface area contributed by atoms with Crippen molar-refractivity contribution in [2.24, 2.45) is 5.92 Å². The minimum atomic E-state index is -0.103. The summed E-state index contributed by atoms with van der Waals surface area (Å²) in [6.07, 6.45) is 5.62. The molecule has 2 heterocycles. The van der Waals surface area contributed by atoms with Crippen LogP contribution in [0.4, 0.5) is 0 Å². The van der Waals surface area contributed by atoms with Crippen LogP contribution < -0.4 is 0 Å². The molecule has 1 aromatic rings. The summed E-state index contributed by atoms with van der Waals surface area (Å²) >= 11 is 0. The van der Waals surface area contributed by atoms with Gasteiger partial charge in [0.25, 0.3) is 5.91 Å². The molecule has 0 aliphatic carbocycles. The molecule has 2 amide bonds. The summed E-state index contributed by atoms with van der Waals surface area (Å²) in [7, 11) is 4.09. The molecule has 3 rings (SSSR count). The lowest BCUT2D eigenvalue weighted by molar-refractivity contribution is -0.133. The zero-order valence-corrected chi connectivity index (χ0v) is 17.8. The van der Waals surface area contributed by atoms with Gasteiger partial charge in [0, 0.05) is 44.1 Å². The fourth-order valence-electron chi connectivity index (χ4n) is 4.30. The Bertz CT molecular complexity index is 744. The van der Waals surface area contributed by atoms with Crippen molar-refractivity contribution < 1.29 is 9.59 Å². The van der Waals surface area contributed by atoms with Crippen LogP contribution >= 0.6 is 0 Å². The lowest BCUT2D eigenvalue weighted by atomic mass is 9.92. The highest BCUT2D eigenvalue weighted by molar-refractivity contribution is 5.94. The largest absolute Gasteiger partial charge is 0.343 e. The third-order valence-corrected chi connectivity index (χ3v) is 6.29. The predicted octanol–water partition coefficient (Wildman–Crippen LogP) is 2.61. The first-order chi connectivity index (χ1) is 14.0. The van der Waals surface area contributed by atoms with Crippen LogP contribution in [0.1, 0.15) is 44.1 Å². The van der Waals surface area contributed by atoms with Gasteiger partial charge in [-0.25, -0.2) is 0 Å². The molecule has 0 bridgehead atoms. The van der Waals surface area contributed by atoms with Gasteiger partial charge in [-0.15, -0.1) is 0 Å². The molecule has 2 aliphatic heterocycles. The maximum atomic E-state index is 12.7. The number of carbonyl (C=O) groups excluding carboxylic acids is 2. The topological polar surface area (TPSA) is 43.9 Å². The first-order valence-corrected chi connectivity index (χ1v) is 10.8. The van der Waals surface area contributed by atoms with Gasteiger partial charge in [0.05, 0.1) is 0 Å². The molecule has 5 nitrogen and oxygen atoms in total. The molecule has 2 aliphatic rings. The summed E-state index contributed by atoms with van der Waals surface area (Å²) < 4.78 is 0. The zero-order chi connectivity index (χ0) is 20.6. The van der Waals surface area contributed by atoms with Crippen molar-refractivity contribution in [3.05, 3.63) is 35.9 Å². The third-order valence-electron chi connectivity index (χ3n) is 6.29. The quantitative estimate of drug-likeness (QED) is 0.736. The van der Waals surface area contributed by atoms with Gasteiger partial charge in [0.2, 0.25) is 5.91 Å². The smallest absolute Gasteiger partial charge is 0.298 e. The minimum Gasteiger partial charge on any atom is -0.343 e. The molecule has 0 N–H and O–H groups in total.